The van der Waals surface area contributed by atoms with Crippen LogP contribution in [0, 0.1) is 0 Å². The van der Waals surface area contributed by atoms with Crippen LogP contribution in [0.5, 0.6) is 0 Å². The number of carbonyl (C=O) groups excluding carboxylic acids is 2. The van der Waals surface area contributed by atoms with Crippen molar-refractivity contribution in [1.29, 1.82) is 0 Å². The van der Waals surface area contributed by atoms with Crippen molar-refractivity contribution in [3.8, 4) is 0 Å². The minimum atomic E-state index is -0.0702. The second-order valence-corrected chi connectivity index (χ2v) is 8.50. The molecule has 5 nitrogen and oxygen atoms in total. The van der Waals surface area contributed by atoms with E-state index in [2.05, 4.69) is 5.32 Å². The van der Waals surface area contributed by atoms with Gasteiger partial charge in [-0.05, 0) is 49.1 Å². The van der Waals surface area contributed by atoms with Crippen LogP contribution in [-0.4, -0.2) is 36.8 Å². The lowest BCUT2D eigenvalue weighted by atomic mass is 10.1. The molecule has 0 aliphatic carbocycles. The molecule has 4 rings (SSSR count). The number of hydrogen-bond donors (Lipinski definition) is 1. The van der Waals surface area contributed by atoms with Gasteiger partial charge in [-0.2, -0.15) is 0 Å². The molecule has 1 atom stereocenters. The van der Waals surface area contributed by atoms with Crippen molar-refractivity contribution < 1.29 is 14.3 Å². The number of amides is 2. The van der Waals surface area contributed by atoms with E-state index >= 15 is 0 Å². The molecule has 0 bridgehead atoms. The Hall–Kier alpha value is -2.31. The van der Waals surface area contributed by atoms with Gasteiger partial charge < -0.3 is 15.0 Å². The Kier molecular flexibility index (Phi) is 6.52. The summed E-state index contributed by atoms with van der Waals surface area (Å²) in [4.78, 5) is 27.4. The molecule has 2 fully saturated rings. The maximum absolute atomic E-state index is 12.7. The SMILES string of the molecule is O=C(NCc1ccc(N2CCCC2=O)cc1)c1ccccc1SCC1CCCO1. The predicted octanol–water partition coefficient (Wildman–Crippen LogP) is 4.01. The van der Waals surface area contributed by atoms with Crippen LogP contribution in [0.4, 0.5) is 5.69 Å². The average Bonchev–Trinajstić information content (AvgIpc) is 3.43. The summed E-state index contributed by atoms with van der Waals surface area (Å²) in [5, 5.41) is 3.02. The molecule has 1 unspecified atom stereocenters. The summed E-state index contributed by atoms with van der Waals surface area (Å²) >= 11 is 1.69. The molecule has 2 heterocycles. The third-order valence-corrected chi connectivity index (χ3v) is 6.56. The van der Waals surface area contributed by atoms with Crippen LogP contribution in [0.2, 0.25) is 0 Å². The molecular formula is C23H26N2O3S. The van der Waals surface area contributed by atoms with Crippen molar-refractivity contribution in [3.05, 3.63) is 59.7 Å². The fourth-order valence-corrected chi connectivity index (χ4v) is 4.85. The van der Waals surface area contributed by atoms with Gasteiger partial charge in [0.25, 0.3) is 5.91 Å². The maximum Gasteiger partial charge on any atom is 0.252 e. The van der Waals surface area contributed by atoms with Crippen LogP contribution in [-0.2, 0) is 16.1 Å². The fourth-order valence-electron chi connectivity index (χ4n) is 3.73. The highest BCUT2D eigenvalue weighted by molar-refractivity contribution is 7.99. The number of thioether (sulfide) groups is 1. The van der Waals surface area contributed by atoms with E-state index in [0.717, 1.165) is 54.3 Å². The third kappa shape index (κ3) is 5.00. The van der Waals surface area contributed by atoms with Crippen molar-refractivity contribution in [2.45, 2.75) is 43.2 Å². The molecule has 1 N–H and O–H groups in total. The van der Waals surface area contributed by atoms with E-state index in [1.54, 1.807) is 11.8 Å². The lowest BCUT2D eigenvalue weighted by molar-refractivity contribution is -0.117. The lowest BCUT2D eigenvalue weighted by Gasteiger charge is -2.16. The normalized spacial score (nSPS) is 19.0. The molecule has 2 aromatic carbocycles. The molecule has 0 radical (unpaired) electrons. The van der Waals surface area contributed by atoms with Crippen LogP contribution < -0.4 is 10.2 Å². The first-order valence-electron chi connectivity index (χ1n) is 10.2. The number of carbonyl (C=O) groups is 2. The average molecular weight is 411 g/mol. The molecule has 0 saturated carbocycles. The Morgan fingerprint density at radius 1 is 1.14 bits per heavy atom. The maximum atomic E-state index is 12.7. The van der Waals surface area contributed by atoms with Gasteiger partial charge in [-0.15, -0.1) is 11.8 Å². The highest BCUT2D eigenvalue weighted by Crippen LogP contribution is 2.27. The summed E-state index contributed by atoms with van der Waals surface area (Å²) in [6.07, 6.45) is 4.05. The van der Waals surface area contributed by atoms with Gasteiger partial charge in [-0.1, -0.05) is 24.3 Å². The van der Waals surface area contributed by atoms with Gasteiger partial charge in [0.15, 0.2) is 0 Å². The van der Waals surface area contributed by atoms with Gasteiger partial charge >= 0.3 is 0 Å². The van der Waals surface area contributed by atoms with E-state index in [-0.39, 0.29) is 17.9 Å². The highest BCUT2D eigenvalue weighted by Gasteiger charge is 2.21. The number of anilines is 1. The Morgan fingerprint density at radius 2 is 1.97 bits per heavy atom. The first-order valence-corrected chi connectivity index (χ1v) is 11.2. The minimum Gasteiger partial charge on any atom is -0.377 e. The molecule has 0 aromatic heterocycles. The number of nitrogens with zero attached hydrogens (tertiary/aromatic N) is 1. The lowest BCUT2D eigenvalue weighted by Crippen LogP contribution is -2.24. The van der Waals surface area contributed by atoms with Crippen LogP contribution in [0.3, 0.4) is 0 Å². The van der Waals surface area contributed by atoms with Crippen LogP contribution in [0.1, 0.15) is 41.6 Å². The molecule has 2 amide bonds. The van der Waals surface area contributed by atoms with Crippen LogP contribution >= 0.6 is 11.8 Å². The molecule has 2 aromatic rings. The fraction of sp³-hybridized carbons (Fsp3) is 0.391. The predicted molar refractivity (Wildman–Crippen MR) is 115 cm³/mol. The van der Waals surface area contributed by atoms with Crippen molar-refractivity contribution in [2.75, 3.05) is 23.8 Å². The van der Waals surface area contributed by atoms with Gasteiger partial charge in [0.1, 0.15) is 0 Å². The molecule has 2 aliphatic heterocycles. The number of ether oxygens (including phenoxy) is 1. The molecule has 0 spiro atoms. The minimum absolute atomic E-state index is 0.0702. The van der Waals surface area contributed by atoms with Gasteiger partial charge in [-0.3, -0.25) is 9.59 Å². The van der Waals surface area contributed by atoms with E-state index in [1.165, 1.54) is 0 Å². The largest absolute Gasteiger partial charge is 0.377 e. The van der Waals surface area contributed by atoms with E-state index in [0.29, 0.717) is 18.5 Å². The zero-order chi connectivity index (χ0) is 20.1. The van der Waals surface area contributed by atoms with Crippen molar-refractivity contribution >= 4 is 29.3 Å². The summed E-state index contributed by atoms with van der Waals surface area (Å²) in [6, 6.07) is 15.6. The summed E-state index contributed by atoms with van der Waals surface area (Å²) in [6.45, 7) is 2.09. The van der Waals surface area contributed by atoms with E-state index in [9.17, 15) is 9.59 Å². The molecule has 6 heteroatoms. The first kappa shape index (κ1) is 20.0. The summed E-state index contributed by atoms with van der Waals surface area (Å²) in [5.41, 5.74) is 2.64. The molecular weight excluding hydrogens is 384 g/mol. The van der Waals surface area contributed by atoms with Crippen molar-refractivity contribution in [1.82, 2.24) is 5.32 Å². The summed E-state index contributed by atoms with van der Waals surface area (Å²) < 4.78 is 5.69. The van der Waals surface area contributed by atoms with Gasteiger partial charge in [-0.25, -0.2) is 0 Å². The Balaban J connectivity index is 1.34. The highest BCUT2D eigenvalue weighted by atomic mass is 32.2. The zero-order valence-electron chi connectivity index (χ0n) is 16.4. The van der Waals surface area contributed by atoms with E-state index < -0.39 is 0 Å². The number of hydrogen-bond acceptors (Lipinski definition) is 4. The molecule has 2 saturated heterocycles. The monoisotopic (exact) mass is 410 g/mol. The third-order valence-electron chi connectivity index (χ3n) is 5.35. The van der Waals surface area contributed by atoms with Gasteiger partial charge in [0, 0.05) is 42.5 Å². The van der Waals surface area contributed by atoms with Gasteiger partial charge in [0.2, 0.25) is 5.91 Å². The van der Waals surface area contributed by atoms with Gasteiger partial charge in [0.05, 0.1) is 11.7 Å². The van der Waals surface area contributed by atoms with E-state index in [1.807, 2.05) is 53.4 Å². The second kappa shape index (κ2) is 9.46. The quantitative estimate of drug-likeness (QED) is 0.701. The number of rotatable bonds is 7. The van der Waals surface area contributed by atoms with Crippen LogP contribution in [0.25, 0.3) is 0 Å². The van der Waals surface area contributed by atoms with Crippen LogP contribution in [0.15, 0.2) is 53.4 Å². The summed E-state index contributed by atoms with van der Waals surface area (Å²) in [5.74, 6) is 0.989. The Labute approximate surface area is 175 Å². The summed E-state index contributed by atoms with van der Waals surface area (Å²) in [7, 11) is 0. The Morgan fingerprint density at radius 3 is 2.69 bits per heavy atom. The molecule has 2 aliphatic rings. The number of nitrogens with one attached hydrogen (secondary N) is 1. The van der Waals surface area contributed by atoms with Crippen molar-refractivity contribution in [3.63, 3.8) is 0 Å². The number of benzene rings is 2. The topological polar surface area (TPSA) is 58.6 Å². The zero-order valence-corrected chi connectivity index (χ0v) is 17.2. The Bertz CT molecular complexity index is 863. The molecule has 152 valence electrons. The van der Waals surface area contributed by atoms with Crippen molar-refractivity contribution in [2.24, 2.45) is 0 Å². The van der Waals surface area contributed by atoms with E-state index in [4.69, 9.17) is 4.74 Å². The smallest absolute Gasteiger partial charge is 0.252 e. The molecule has 29 heavy (non-hydrogen) atoms. The second-order valence-electron chi connectivity index (χ2n) is 7.44. The first-order chi connectivity index (χ1) is 14.2. The standard InChI is InChI=1S/C23H26N2O3S/c26-22-8-3-13-25(22)18-11-9-17(10-12-18)15-24-23(27)20-6-1-2-7-21(20)29-16-19-5-4-14-28-19/h1-2,6-7,9-12,19H,3-5,8,13-16H2,(H,24,27).